The van der Waals surface area contributed by atoms with E-state index in [1.54, 1.807) is 41.8 Å². The molecule has 0 saturated heterocycles. The van der Waals surface area contributed by atoms with Crippen LogP contribution in [0, 0.1) is 11.6 Å². The van der Waals surface area contributed by atoms with E-state index in [4.69, 9.17) is 4.98 Å². The van der Waals surface area contributed by atoms with Gasteiger partial charge in [0.05, 0.1) is 23.3 Å². The van der Waals surface area contributed by atoms with Gasteiger partial charge in [0.1, 0.15) is 23.2 Å². The molecule has 0 bridgehead atoms. The van der Waals surface area contributed by atoms with Gasteiger partial charge in [-0.3, -0.25) is 9.20 Å². The molecule has 8 heteroatoms. The zero-order valence-corrected chi connectivity index (χ0v) is 23.4. The molecule has 0 saturated carbocycles. The first-order valence-corrected chi connectivity index (χ1v) is 13.8. The Balaban J connectivity index is 1.45. The van der Waals surface area contributed by atoms with Crippen molar-refractivity contribution in [2.75, 3.05) is 0 Å². The molecular formula is C35H27F2N3O3. The number of carboxylic acid groups (broad SMARTS) is 1. The van der Waals surface area contributed by atoms with Gasteiger partial charge in [0.15, 0.2) is 0 Å². The zero-order valence-electron chi connectivity index (χ0n) is 23.4. The normalized spacial score (nSPS) is 12.7. The van der Waals surface area contributed by atoms with Crippen LogP contribution >= 0.6 is 0 Å². The third-order valence-corrected chi connectivity index (χ3v) is 7.79. The molecule has 0 aliphatic rings. The monoisotopic (exact) mass is 575 g/mol. The predicted octanol–water partition coefficient (Wildman–Crippen LogP) is 7.77. The van der Waals surface area contributed by atoms with Gasteiger partial charge in [-0.15, -0.1) is 0 Å². The number of carbonyl (C=O) groups is 2. The minimum absolute atomic E-state index is 0.0270. The maximum absolute atomic E-state index is 14.9. The third kappa shape index (κ3) is 5.35. The van der Waals surface area contributed by atoms with Gasteiger partial charge in [-0.1, -0.05) is 61.5 Å². The average molecular weight is 576 g/mol. The van der Waals surface area contributed by atoms with E-state index in [0.717, 1.165) is 34.5 Å². The lowest BCUT2D eigenvalue weighted by Crippen LogP contribution is -2.29. The molecule has 0 radical (unpaired) electrons. The molecule has 6 nitrogen and oxygen atoms in total. The van der Waals surface area contributed by atoms with Crippen LogP contribution in [0.5, 0.6) is 0 Å². The fourth-order valence-corrected chi connectivity index (χ4v) is 5.40. The standard InChI is InChI=1S/C35H27F2N3O3/c1-20(25-12-9-23-5-3-4-6-26(23)15-25)33-38-19-29-16-27(30-18-28(36)13-14-31(30)37)17-32(40(29)33)34(41)39-21(2)22-7-10-24(11-8-22)35(42)43/h3-21H,1-2H3,(H,39,41)(H,42,43)/t20-,21+/m1/s1. The summed E-state index contributed by atoms with van der Waals surface area (Å²) in [7, 11) is 0. The molecule has 2 N–H and O–H groups in total. The molecule has 6 rings (SSSR count). The molecule has 2 atom stereocenters. The molecular weight excluding hydrogens is 548 g/mol. The highest BCUT2D eigenvalue weighted by molar-refractivity contribution is 5.95. The van der Waals surface area contributed by atoms with Crippen LogP contribution in [-0.4, -0.2) is 26.4 Å². The lowest BCUT2D eigenvalue weighted by molar-refractivity contribution is 0.0696. The van der Waals surface area contributed by atoms with Gasteiger partial charge in [0.2, 0.25) is 0 Å². The highest BCUT2D eigenvalue weighted by Gasteiger charge is 2.23. The molecule has 0 aliphatic carbocycles. The van der Waals surface area contributed by atoms with Crippen LogP contribution < -0.4 is 5.32 Å². The van der Waals surface area contributed by atoms with Gasteiger partial charge in [0, 0.05) is 11.5 Å². The van der Waals surface area contributed by atoms with Gasteiger partial charge in [-0.25, -0.2) is 18.6 Å². The number of benzene rings is 4. The number of aromatic carboxylic acids is 1. The number of pyridine rings is 1. The van der Waals surface area contributed by atoms with Gasteiger partial charge < -0.3 is 10.4 Å². The lowest BCUT2D eigenvalue weighted by atomic mass is 9.97. The maximum atomic E-state index is 14.9. The van der Waals surface area contributed by atoms with Gasteiger partial charge in [0.25, 0.3) is 5.91 Å². The van der Waals surface area contributed by atoms with E-state index in [9.17, 15) is 23.5 Å². The second-order valence-electron chi connectivity index (χ2n) is 10.6. The minimum atomic E-state index is -1.04. The summed E-state index contributed by atoms with van der Waals surface area (Å²) in [5.41, 5.74) is 2.95. The first kappa shape index (κ1) is 27.8. The van der Waals surface area contributed by atoms with Crippen molar-refractivity contribution in [2.24, 2.45) is 0 Å². The molecule has 2 aromatic heterocycles. The van der Waals surface area contributed by atoms with E-state index in [-0.39, 0.29) is 22.7 Å². The van der Waals surface area contributed by atoms with E-state index in [0.29, 0.717) is 22.5 Å². The Morgan fingerprint density at radius 1 is 0.837 bits per heavy atom. The number of rotatable bonds is 7. The summed E-state index contributed by atoms with van der Waals surface area (Å²) < 4.78 is 30.8. The molecule has 43 heavy (non-hydrogen) atoms. The number of hydrogen-bond acceptors (Lipinski definition) is 3. The maximum Gasteiger partial charge on any atom is 0.335 e. The number of nitrogens with zero attached hydrogens (tertiary/aromatic N) is 2. The van der Waals surface area contributed by atoms with E-state index in [2.05, 4.69) is 11.4 Å². The number of halogens is 2. The van der Waals surface area contributed by atoms with Crippen LogP contribution in [0.3, 0.4) is 0 Å². The second kappa shape index (κ2) is 11.1. The van der Waals surface area contributed by atoms with Crippen molar-refractivity contribution in [1.82, 2.24) is 14.7 Å². The van der Waals surface area contributed by atoms with Crippen LogP contribution in [0.4, 0.5) is 8.78 Å². The Kier molecular flexibility index (Phi) is 7.19. The Morgan fingerprint density at radius 2 is 1.56 bits per heavy atom. The highest BCUT2D eigenvalue weighted by Crippen LogP contribution is 2.32. The lowest BCUT2D eigenvalue weighted by Gasteiger charge is -2.19. The Morgan fingerprint density at radius 3 is 2.30 bits per heavy atom. The van der Waals surface area contributed by atoms with Crippen molar-refractivity contribution in [2.45, 2.75) is 25.8 Å². The number of carbonyl (C=O) groups excluding carboxylic acids is 1. The van der Waals surface area contributed by atoms with E-state index >= 15 is 0 Å². The van der Waals surface area contributed by atoms with Crippen LogP contribution in [0.2, 0.25) is 0 Å². The summed E-state index contributed by atoms with van der Waals surface area (Å²) in [6.45, 7) is 3.79. The van der Waals surface area contributed by atoms with Crippen molar-refractivity contribution in [3.05, 3.63) is 143 Å². The number of amides is 1. The fraction of sp³-hybridized carbons (Fsp3) is 0.114. The highest BCUT2D eigenvalue weighted by atomic mass is 19.1. The summed E-state index contributed by atoms with van der Waals surface area (Å²) >= 11 is 0. The van der Waals surface area contributed by atoms with Crippen molar-refractivity contribution in [3.8, 4) is 11.1 Å². The SMILES string of the molecule is C[C@H](c1ccc2ccccc2c1)c1ncc2cc(-c3cc(F)ccc3F)cc(C(=O)N[C@@H](C)c3ccc(C(=O)O)cc3)n12. The van der Waals surface area contributed by atoms with Gasteiger partial charge in [-0.05, 0) is 76.9 Å². The largest absolute Gasteiger partial charge is 0.478 e. The number of nitrogens with one attached hydrogen (secondary N) is 1. The summed E-state index contributed by atoms with van der Waals surface area (Å²) in [6, 6.07) is 26.4. The van der Waals surface area contributed by atoms with E-state index in [1.165, 1.54) is 12.1 Å². The van der Waals surface area contributed by atoms with Gasteiger partial charge >= 0.3 is 5.97 Å². The third-order valence-electron chi connectivity index (χ3n) is 7.79. The van der Waals surface area contributed by atoms with Crippen molar-refractivity contribution >= 4 is 28.2 Å². The second-order valence-corrected chi connectivity index (χ2v) is 10.6. The molecule has 214 valence electrons. The van der Waals surface area contributed by atoms with Gasteiger partial charge in [-0.2, -0.15) is 0 Å². The van der Waals surface area contributed by atoms with Crippen LogP contribution in [-0.2, 0) is 0 Å². The van der Waals surface area contributed by atoms with Crippen LogP contribution in [0.15, 0.2) is 103 Å². The summed E-state index contributed by atoms with van der Waals surface area (Å²) in [5.74, 6) is -2.31. The number of aromatic nitrogens is 2. The molecule has 2 heterocycles. The van der Waals surface area contributed by atoms with Crippen LogP contribution in [0.1, 0.15) is 63.6 Å². The topological polar surface area (TPSA) is 83.7 Å². The van der Waals surface area contributed by atoms with Crippen molar-refractivity contribution in [3.63, 3.8) is 0 Å². The van der Waals surface area contributed by atoms with Crippen molar-refractivity contribution in [1.29, 1.82) is 0 Å². The zero-order chi connectivity index (χ0) is 30.2. The Hall–Kier alpha value is -5.37. The molecule has 0 unspecified atom stereocenters. The molecule has 6 aromatic rings. The molecule has 0 fully saturated rings. The smallest absolute Gasteiger partial charge is 0.335 e. The summed E-state index contributed by atoms with van der Waals surface area (Å²) in [6.07, 6.45) is 1.62. The number of imidazole rings is 1. The quantitative estimate of drug-likeness (QED) is 0.204. The molecule has 4 aromatic carbocycles. The summed E-state index contributed by atoms with van der Waals surface area (Å²) in [5, 5.41) is 14.4. The molecule has 0 spiro atoms. The van der Waals surface area contributed by atoms with Crippen LogP contribution in [0.25, 0.3) is 27.4 Å². The first-order chi connectivity index (χ1) is 20.7. The predicted molar refractivity (Wildman–Crippen MR) is 161 cm³/mol. The van der Waals surface area contributed by atoms with E-state index < -0.39 is 29.6 Å². The Labute approximate surface area is 246 Å². The fourth-order valence-electron chi connectivity index (χ4n) is 5.40. The Bertz CT molecular complexity index is 2020. The number of hydrogen-bond donors (Lipinski definition) is 2. The average Bonchev–Trinajstić information content (AvgIpc) is 3.45. The number of fused-ring (bicyclic) bond motifs is 2. The van der Waals surface area contributed by atoms with Crippen molar-refractivity contribution < 1.29 is 23.5 Å². The molecule has 0 aliphatic heterocycles. The summed E-state index contributed by atoms with van der Waals surface area (Å²) in [4.78, 5) is 29.9. The number of carboxylic acids is 1. The molecule has 1 amide bonds. The minimum Gasteiger partial charge on any atom is -0.478 e. The first-order valence-electron chi connectivity index (χ1n) is 13.8. The van der Waals surface area contributed by atoms with E-state index in [1.807, 2.05) is 43.3 Å².